The lowest BCUT2D eigenvalue weighted by Crippen LogP contribution is -2.46. The highest BCUT2D eigenvalue weighted by Gasteiger charge is 2.29. The second-order valence-corrected chi connectivity index (χ2v) is 7.64. The van der Waals surface area contributed by atoms with Crippen molar-refractivity contribution in [1.82, 2.24) is 15.5 Å². The van der Waals surface area contributed by atoms with Gasteiger partial charge in [-0.1, -0.05) is 30.3 Å². The average molecular weight is 474 g/mol. The summed E-state index contributed by atoms with van der Waals surface area (Å²) in [4.78, 5) is 6.89. The molecular weight excluding hydrogens is 439 g/mol. The van der Waals surface area contributed by atoms with E-state index in [9.17, 15) is 0 Å². The molecule has 1 saturated heterocycles. The van der Waals surface area contributed by atoms with Crippen molar-refractivity contribution >= 4 is 29.9 Å². The number of likely N-dealkylation sites (tertiary alicyclic amines) is 1. The number of nitrogens with zero attached hydrogens (tertiary/aromatic N) is 2. The summed E-state index contributed by atoms with van der Waals surface area (Å²) in [6, 6.07) is 11.4. The Morgan fingerprint density at radius 2 is 1.96 bits per heavy atom. The zero-order chi connectivity index (χ0) is 18.3. The van der Waals surface area contributed by atoms with Crippen molar-refractivity contribution in [2.24, 2.45) is 10.9 Å². The average Bonchev–Trinajstić information content (AvgIpc) is 2.95. The predicted octanol–water partition coefficient (Wildman–Crippen LogP) is 3.11. The van der Waals surface area contributed by atoms with Crippen LogP contribution in [0.2, 0.25) is 0 Å². The topological polar surface area (TPSA) is 48.9 Å². The summed E-state index contributed by atoms with van der Waals surface area (Å²) >= 11 is 0. The third kappa shape index (κ3) is 7.40. The highest BCUT2D eigenvalue weighted by molar-refractivity contribution is 14.0. The third-order valence-corrected chi connectivity index (χ3v) is 5.03. The summed E-state index contributed by atoms with van der Waals surface area (Å²) in [7, 11) is 3.55. The van der Waals surface area contributed by atoms with Crippen molar-refractivity contribution in [3.05, 3.63) is 35.9 Å². The molecule has 2 N–H and O–H groups in total. The smallest absolute Gasteiger partial charge is 0.191 e. The first-order valence-corrected chi connectivity index (χ1v) is 9.21. The molecule has 0 bridgehead atoms. The van der Waals surface area contributed by atoms with E-state index in [2.05, 4.69) is 71.6 Å². The van der Waals surface area contributed by atoms with Gasteiger partial charge in [-0.2, -0.15) is 0 Å². The molecule has 26 heavy (non-hydrogen) atoms. The molecule has 6 heteroatoms. The van der Waals surface area contributed by atoms with E-state index in [1.165, 1.54) is 12.0 Å². The first kappa shape index (κ1) is 23.2. The summed E-state index contributed by atoms with van der Waals surface area (Å²) in [5, 5.41) is 6.82. The lowest BCUT2D eigenvalue weighted by Gasteiger charge is -2.25. The second kappa shape index (κ2) is 11.1. The largest absolute Gasteiger partial charge is 0.377 e. The molecule has 1 heterocycles. The maximum absolute atomic E-state index is 5.44. The Morgan fingerprint density at radius 1 is 1.27 bits per heavy atom. The summed E-state index contributed by atoms with van der Waals surface area (Å²) in [5.74, 6) is 1.49. The van der Waals surface area contributed by atoms with Crippen LogP contribution in [0.4, 0.5) is 0 Å². The number of aliphatic imine (C=N–C) groups is 1. The van der Waals surface area contributed by atoms with Gasteiger partial charge in [0.05, 0.1) is 5.60 Å². The van der Waals surface area contributed by atoms with Crippen LogP contribution in [0.1, 0.15) is 32.8 Å². The Morgan fingerprint density at radius 3 is 2.58 bits per heavy atom. The van der Waals surface area contributed by atoms with Crippen LogP contribution < -0.4 is 10.6 Å². The van der Waals surface area contributed by atoms with Crippen LogP contribution in [0.15, 0.2) is 35.3 Å². The van der Waals surface area contributed by atoms with E-state index in [1.54, 1.807) is 7.11 Å². The summed E-state index contributed by atoms with van der Waals surface area (Å²) < 4.78 is 5.44. The zero-order valence-electron chi connectivity index (χ0n) is 16.8. The molecule has 1 aromatic carbocycles. The fraction of sp³-hybridized carbons (Fsp3) is 0.650. The second-order valence-electron chi connectivity index (χ2n) is 7.64. The minimum absolute atomic E-state index is 0. The minimum Gasteiger partial charge on any atom is -0.377 e. The molecule has 2 unspecified atom stereocenters. The first-order valence-electron chi connectivity index (χ1n) is 9.21. The quantitative estimate of drug-likeness (QED) is 0.362. The number of methoxy groups -OCH3 is 1. The molecule has 1 aliphatic rings. The van der Waals surface area contributed by atoms with Gasteiger partial charge in [0.2, 0.25) is 0 Å². The molecule has 148 valence electrons. The van der Waals surface area contributed by atoms with Gasteiger partial charge in [0.1, 0.15) is 0 Å². The van der Waals surface area contributed by atoms with Crippen LogP contribution in [0, 0.1) is 5.92 Å². The highest BCUT2D eigenvalue weighted by atomic mass is 127. The molecule has 5 nitrogen and oxygen atoms in total. The lowest BCUT2D eigenvalue weighted by atomic mass is 10.1. The van der Waals surface area contributed by atoms with Gasteiger partial charge in [0, 0.05) is 46.4 Å². The number of hydrogen-bond donors (Lipinski definition) is 2. The number of hydrogen-bond acceptors (Lipinski definition) is 3. The van der Waals surface area contributed by atoms with E-state index in [-0.39, 0.29) is 29.6 Å². The summed E-state index contributed by atoms with van der Waals surface area (Å²) in [6.07, 6.45) is 1.22. The van der Waals surface area contributed by atoms with Gasteiger partial charge in [0.15, 0.2) is 5.96 Å². The number of halogens is 1. The highest BCUT2D eigenvalue weighted by Crippen LogP contribution is 2.24. The fourth-order valence-electron chi connectivity index (χ4n) is 3.23. The van der Waals surface area contributed by atoms with Gasteiger partial charge in [-0.25, -0.2) is 0 Å². The molecule has 0 amide bonds. The molecule has 2 rings (SSSR count). The summed E-state index contributed by atoms with van der Waals surface area (Å²) in [5.41, 5.74) is 1.19. The van der Waals surface area contributed by atoms with Crippen LogP contribution in [-0.4, -0.2) is 56.3 Å². The zero-order valence-corrected chi connectivity index (χ0v) is 19.1. The first-order chi connectivity index (χ1) is 11.9. The van der Waals surface area contributed by atoms with Gasteiger partial charge in [-0.3, -0.25) is 9.89 Å². The molecule has 1 fully saturated rings. The Hall–Kier alpha value is -0.860. The molecule has 1 aromatic rings. The Balaban J connectivity index is 0.00000338. The van der Waals surface area contributed by atoms with Crippen LogP contribution in [0.3, 0.4) is 0 Å². The Bertz CT molecular complexity index is 550. The van der Waals surface area contributed by atoms with E-state index in [4.69, 9.17) is 4.74 Å². The van der Waals surface area contributed by atoms with Crippen molar-refractivity contribution in [3.63, 3.8) is 0 Å². The summed E-state index contributed by atoms with van der Waals surface area (Å²) in [6.45, 7) is 10.3. The number of rotatable bonds is 7. The van der Waals surface area contributed by atoms with Gasteiger partial charge in [-0.05, 0) is 38.7 Å². The number of guanidine groups is 1. The van der Waals surface area contributed by atoms with Crippen molar-refractivity contribution in [2.45, 2.75) is 45.4 Å². The molecule has 2 atom stereocenters. The number of ether oxygens (including phenoxy) is 1. The van der Waals surface area contributed by atoms with Crippen LogP contribution in [0.25, 0.3) is 0 Å². The van der Waals surface area contributed by atoms with Gasteiger partial charge in [-0.15, -0.1) is 24.0 Å². The Labute approximate surface area is 176 Å². The van der Waals surface area contributed by atoms with Crippen LogP contribution in [0.5, 0.6) is 0 Å². The third-order valence-electron chi connectivity index (χ3n) is 5.03. The lowest BCUT2D eigenvalue weighted by molar-refractivity contribution is 0.0268. The molecule has 0 radical (unpaired) electrons. The molecule has 0 saturated carbocycles. The SMILES string of the molecule is CN=C(NCC1CC(C)N(Cc2ccccc2)C1)NCC(C)(C)OC.I. The normalized spacial score (nSPS) is 21.3. The van der Waals surface area contributed by atoms with Gasteiger partial charge >= 0.3 is 0 Å². The van der Waals surface area contributed by atoms with Crippen molar-refractivity contribution in [3.8, 4) is 0 Å². The van der Waals surface area contributed by atoms with Crippen LogP contribution >= 0.6 is 24.0 Å². The van der Waals surface area contributed by atoms with Crippen molar-refractivity contribution in [2.75, 3.05) is 33.8 Å². The van der Waals surface area contributed by atoms with Crippen molar-refractivity contribution < 1.29 is 4.74 Å². The standard InChI is InChI=1S/C20H34N4O.HI/c1-16-11-18(14-24(16)13-17-9-7-6-8-10-17)12-22-19(21-4)23-15-20(2,3)25-5;/h6-10,16,18H,11-15H2,1-5H3,(H2,21,22,23);1H. The van der Waals surface area contributed by atoms with Gasteiger partial charge in [0.25, 0.3) is 0 Å². The molecule has 0 aromatic heterocycles. The monoisotopic (exact) mass is 474 g/mol. The molecule has 0 spiro atoms. The molecule has 0 aliphatic carbocycles. The van der Waals surface area contributed by atoms with E-state index in [0.29, 0.717) is 12.0 Å². The Kier molecular flexibility index (Phi) is 9.89. The molecule has 1 aliphatic heterocycles. The number of nitrogens with one attached hydrogen (secondary N) is 2. The van der Waals surface area contributed by atoms with Gasteiger partial charge < -0.3 is 15.4 Å². The predicted molar refractivity (Wildman–Crippen MR) is 120 cm³/mol. The van der Waals surface area contributed by atoms with E-state index in [1.807, 2.05) is 7.05 Å². The van der Waals surface area contributed by atoms with E-state index < -0.39 is 0 Å². The van der Waals surface area contributed by atoms with E-state index >= 15 is 0 Å². The molecular formula is C20H35IN4O. The van der Waals surface area contributed by atoms with Crippen LogP contribution in [-0.2, 0) is 11.3 Å². The van der Waals surface area contributed by atoms with E-state index in [0.717, 1.165) is 32.1 Å². The fourth-order valence-corrected chi connectivity index (χ4v) is 3.23. The van der Waals surface area contributed by atoms with Crippen molar-refractivity contribution in [1.29, 1.82) is 0 Å². The maximum Gasteiger partial charge on any atom is 0.191 e. The number of benzene rings is 1. The maximum atomic E-state index is 5.44. The minimum atomic E-state index is -0.202.